The molecule has 0 radical (unpaired) electrons. The van der Waals surface area contributed by atoms with E-state index < -0.39 is 9.84 Å². The summed E-state index contributed by atoms with van der Waals surface area (Å²) in [6.45, 7) is 4.28. The summed E-state index contributed by atoms with van der Waals surface area (Å²) >= 11 is 7.50. The van der Waals surface area contributed by atoms with Gasteiger partial charge in [0.15, 0.2) is 11.5 Å². The minimum Gasteiger partial charge on any atom is -0.339 e. The highest BCUT2D eigenvalue weighted by Gasteiger charge is 2.27. The minimum atomic E-state index is -3.97. The van der Waals surface area contributed by atoms with Gasteiger partial charge in [-0.3, -0.25) is 0 Å². The van der Waals surface area contributed by atoms with Crippen LogP contribution in [-0.4, -0.2) is 28.2 Å². The maximum absolute atomic E-state index is 13.3. The predicted octanol–water partition coefficient (Wildman–Crippen LogP) is 5.69. The summed E-state index contributed by atoms with van der Waals surface area (Å²) in [7, 11) is -3.97. The monoisotopic (exact) mass is 483 g/mol. The normalized spacial score (nSPS) is 12.1. The van der Waals surface area contributed by atoms with E-state index in [-0.39, 0.29) is 15.6 Å². The summed E-state index contributed by atoms with van der Waals surface area (Å²) in [5, 5.41) is 13.4. The third kappa shape index (κ3) is 3.52. The molecule has 0 aliphatic carbocycles. The second-order valence-electron chi connectivity index (χ2n) is 7.59. The van der Waals surface area contributed by atoms with Crippen molar-refractivity contribution in [2.45, 2.75) is 29.7 Å². The molecule has 0 aliphatic heterocycles. The lowest BCUT2D eigenvalue weighted by atomic mass is 10.0. The van der Waals surface area contributed by atoms with Crippen molar-refractivity contribution < 1.29 is 8.42 Å². The van der Waals surface area contributed by atoms with Crippen LogP contribution in [-0.2, 0) is 9.84 Å². The van der Waals surface area contributed by atoms with Crippen LogP contribution >= 0.6 is 22.9 Å². The smallest absolute Gasteiger partial charge is 0.229 e. The lowest BCUT2D eigenvalue weighted by molar-refractivity contribution is 0.592. The lowest BCUT2D eigenvalue weighted by Crippen LogP contribution is -2.05. The quantitative estimate of drug-likeness (QED) is 0.345. The molecule has 2 aromatic carbocycles. The highest BCUT2D eigenvalue weighted by Crippen LogP contribution is 2.33. The fraction of sp³-hybridized carbons (Fsp3) is 0.136. The van der Waals surface area contributed by atoms with Crippen molar-refractivity contribution in [2.75, 3.05) is 5.32 Å². The van der Waals surface area contributed by atoms with Crippen LogP contribution < -0.4 is 5.32 Å². The fourth-order valence-corrected chi connectivity index (χ4v) is 5.77. The number of halogens is 1. The molecule has 3 heterocycles. The second kappa shape index (κ2) is 7.84. The first-order valence-corrected chi connectivity index (χ1v) is 12.6. The van der Waals surface area contributed by atoms with Crippen molar-refractivity contribution in [3.05, 3.63) is 70.6 Å². The van der Waals surface area contributed by atoms with E-state index in [0.29, 0.717) is 16.8 Å². The Morgan fingerprint density at radius 2 is 1.88 bits per heavy atom. The molecule has 0 fully saturated rings. The van der Waals surface area contributed by atoms with Gasteiger partial charge in [-0.1, -0.05) is 48.9 Å². The summed E-state index contributed by atoms with van der Waals surface area (Å²) < 4.78 is 28.9. The topological polar surface area (TPSA) is 89.2 Å². The molecule has 0 saturated heterocycles. The number of hydrogen-bond acceptors (Lipinski definition) is 7. The Hall–Kier alpha value is -3.01. The molecule has 32 heavy (non-hydrogen) atoms. The van der Waals surface area contributed by atoms with E-state index in [1.807, 2.05) is 23.6 Å². The molecule has 0 atom stereocenters. The number of benzene rings is 2. The molecule has 7 nitrogen and oxygen atoms in total. The van der Waals surface area contributed by atoms with Gasteiger partial charge in [0.2, 0.25) is 14.9 Å². The molecule has 0 spiro atoms. The van der Waals surface area contributed by atoms with Gasteiger partial charge in [0.25, 0.3) is 0 Å². The summed E-state index contributed by atoms with van der Waals surface area (Å²) in [6, 6.07) is 16.0. The molecule has 0 saturated carbocycles. The number of anilines is 2. The zero-order valence-electron chi connectivity index (χ0n) is 17.2. The highest BCUT2D eigenvalue weighted by atomic mass is 35.5. The van der Waals surface area contributed by atoms with Gasteiger partial charge in [0.05, 0.1) is 15.1 Å². The van der Waals surface area contributed by atoms with Crippen molar-refractivity contribution in [1.82, 2.24) is 19.8 Å². The number of nitrogens with zero attached hydrogens (tertiary/aromatic N) is 4. The molecule has 1 N–H and O–H groups in total. The maximum Gasteiger partial charge on any atom is 0.229 e. The molecule has 162 valence electrons. The van der Waals surface area contributed by atoms with Crippen LogP contribution in [0.2, 0.25) is 5.02 Å². The molecule has 0 amide bonds. The fourth-order valence-electron chi connectivity index (χ4n) is 3.42. The van der Waals surface area contributed by atoms with Gasteiger partial charge in [-0.25, -0.2) is 13.4 Å². The third-order valence-corrected chi connectivity index (χ3v) is 7.92. The van der Waals surface area contributed by atoms with Crippen molar-refractivity contribution in [3.8, 4) is 0 Å². The van der Waals surface area contributed by atoms with Crippen molar-refractivity contribution in [3.63, 3.8) is 0 Å². The molecule has 10 heteroatoms. The van der Waals surface area contributed by atoms with Gasteiger partial charge in [-0.15, -0.1) is 16.4 Å². The van der Waals surface area contributed by atoms with E-state index in [2.05, 4.69) is 46.6 Å². The Labute approximate surface area is 193 Å². The Kier molecular flexibility index (Phi) is 5.11. The number of thiophene rings is 1. The molecule has 5 rings (SSSR count). The number of nitrogens with one attached hydrogen (secondary N) is 1. The Morgan fingerprint density at radius 3 is 2.59 bits per heavy atom. The van der Waals surface area contributed by atoms with E-state index in [1.165, 1.54) is 33.5 Å². The van der Waals surface area contributed by atoms with Crippen LogP contribution in [0.1, 0.15) is 25.3 Å². The largest absolute Gasteiger partial charge is 0.339 e. The molecule has 0 unspecified atom stereocenters. The van der Waals surface area contributed by atoms with E-state index in [1.54, 1.807) is 12.1 Å². The Bertz CT molecular complexity index is 1560. The zero-order chi connectivity index (χ0) is 22.5. The molecule has 3 aromatic heterocycles. The van der Waals surface area contributed by atoms with E-state index in [9.17, 15) is 8.42 Å². The minimum absolute atomic E-state index is 0.0402. The number of aromatic nitrogens is 4. The first-order chi connectivity index (χ1) is 15.3. The van der Waals surface area contributed by atoms with E-state index in [0.717, 1.165) is 15.9 Å². The van der Waals surface area contributed by atoms with Crippen LogP contribution in [0, 0.1) is 0 Å². The van der Waals surface area contributed by atoms with E-state index >= 15 is 0 Å². The van der Waals surface area contributed by atoms with Crippen LogP contribution in [0.15, 0.2) is 69.9 Å². The molecule has 0 aliphatic rings. The summed E-state index contributed by atoms with van der Waals surface area (Å²) in [6.07, 6.45) is 0. The van der Waals surface area contributed by atoms with Gasteiger partial charge in [0.1, 0.15) is 0 Å². The van der Waals surface area contributed by atoms with E-state index in [4.69, 9.17) is 11.6 Å². The number of fused-ring (bicyclic) bond motifs is 3. The average Bonchev–Trinajstić information content (AvgIpc) is 3.41. The SMILES string of the molecule is CC(C)c1ccc(Nc2nc3c(S(=O)(=O)c4cccc(Cl)c4)nnn3c3ccsc23)cc1. The Morgan fingerprint density at radius 1 is 1.09 bits per heavy atom. The van der Waals surface area contributed by atoms with Crippen molar-refractivity contribution in [1.29, 1.82) is 0 Å². The Balaban J connectivity index is 1.65. The second-order valence-corrected chi connectivity index (χ2v) is 10.8. The average molecular weight is 484 g/mol. The van der Waals surface area contributed by atoms with Gasteiger partial charge < -0.3 is 5.32 Å². The van der Waals surface area contributed by atoms with Gasteiger partial charge in [0, 0.05) is 10.7 Å². The maximum atomic E-state index is 13.3. The molecule has 5 aromatic rings. The van der Waals surface area contributed by atoms with Crippen molar-refractivity contribution >= 4 is 60.1 Å². The van der Waals surface area contributed by atoms with Crippen LogP contribution in [0.4, 0.5) is 11.5 Å². The molecular formula is C22H18ClN5O2S2. The van der Waals surface area contributed by atoms with Crippen LogP contribution in [0.3, 0.4) is 0 Å². The van der Waals surface area contributed by atoms with Gasteiger partial charge in [-0.05, 0) is 53.3 Å². The molecular weight excluding hydrogens is 466 g/mol. The van der Waals surface area contributed by atoms with Gasteiger partial charge >= 0.3 is 0 Å². The number of sulfone groups is 1. The van der Waals surface area contributed by atoms with Crippen molar-refractivity contribution in [2.24, 2.45) is 0 Å². The number of rotatable bonds is 5. The standard InChI is InChI=1S/C22H18ClN5O2S2/c1-13(2)14-6-8-16(9-7-14)24-20-19-18(10-11-31-19)28-21(25-20)22(26-27-28)32(29,30)17-5-3-4-15(23)12-17/h3-13H,1-2H3,(H,24,25). The molecule has 0 bridgehead atoms. The summed E-state index contributed by atoms with van der Waals surface area (Å²) in [5.74, 6) is 0.976. The predicted molar refractivity (Wildman–Crippen MR) is 127 cm³/mol. The lowest BCUT2D eigenvalue weighted by Gasteiger charge is -2.10. The highest BCUT2D eigenvalue weighted by molar-refractivity contribution is 7.91. The summed E-state index contributed by atoms with van der Waals surface area (Å²) in [4.78, 5) is 4.67. The third-order valence-electron chi connectivity index (χ3n) is 5.12. The van der Waals surface area contributed by atoms with Gasteiger partial charge in [-0.2, -0.15) is 4.52 Å². The summed E-state index contributed by atoms with van der Waals surface area (Å²) in [5.41, 5.74) is 2.96. The zero-order valence-corrected chi connectivity index (χ0v) is 19.5. The first kappa shape index (κ1) is 20.9. The van der Waals surface area contributed by atoms with Crippen LogP contribution in [0.25, 0.3) is 15.9 Å². The first-order valence-electron chi connectivity index (χ1n) is 9.85. The number of hydrogen-bond donors (Lipinski definition) is 1. The van der Waals surface area contributed by atoms with Crippen LogP contribution in [0.5, 0.6) is 0 Å².